The summed E-state index contributed by atoms with van der Waals surface area (Å²) in [5.41, 5.74) is 3.11. The minimum Gasteiger partial charge on any atom is -0.488 e. The number of para-hydroxylation sites is 1. The fourth-order valence-electron chi connectivity index (χ4n) is 3.54. The van der Waals surface area contributed by atoms with Crippen LogP contribution < -0.4 is 10.1 Å². The molecule has 0 radical (unpaired) electrons. The summed E-state index contributed by atoms with van der Waals surface area (Å²) in [7, 11) is 0. The number of hydrogen-bond donors (Lipinski definition) is 1. The van der Waals surface area contributed by atoms with Gasteiger partial charge in [-0.05, 0) is 59.2 Å². The van der Waals surface area contributed by atoms with E-state index >= 15 is 0 Å². The van der Waals surface area contributed by atoms with E-state index < -0.39 is 5.91 Å². The molecule has 0 unspecified atom stereocenters. The minimum absolute atomic E-state index is 0.0458. The molecule has 4 aromatic carbocycles. The molecule has 0 saturated carbocycles. The van der Waals surface area contributed by atoms with E-state index in [0.717, 1.165) is 21.9 Å². The maximum atomic E-state index is 12.7. The number of hydrogen-bond acceptors (Lipinski definition) is 3. The zero-order valence-electron chi connectivity index (χ0n) is 18.0. The molecule has 33 heavy (non-hydrogen) atoms. The third-order valence-corrected chi connectivity index (χ3v) is 5.53. The quantitative estimate of drug-likeness (QED) is 0.255. The van der Waals surface area contributed by atoms with Crippen molar-refractivity contribution in [2.75, 3.05) is 5.32 Å². The Morgan fingerprint density at radius 1 is 1.03 bits per heavy atom. The molecule has 5 heteroatoms. The summed E-state index contributed by atoms with van der Waals surface area (Å²) in [6.07, 6.45) is 1.50. The number of amides is 1. The Morgan fingerprint density at radius 2 is 1.79 bits per heavy atom. The summed E-state index contributed by atoms with van der Waals surface area (Å²) in [4.78, 5) is 12.7. The van der Waals surface area contributed by atoms with Gasteiger partial charge in [0.15, 0.2) is 0 Å². The van der Waals surface area contributed by atoms with Crippen LogP contribution in [0.25, 0.3) is 16.8 Å². The SMILES string of the molecule is Cc1ccccc1NC(=O)/C(C#N)=C/c1cc(Cl)ccc1OCc1cccc2ccccc12. The van der Waals surface area contributed by atoms with Crippen molar-refractivity contribution in [1.29, 1.82) is 5.26 Å². The zero-order valence-corrected chi connectivity index (χ0v) is 18.8. The van der Waals surface area contributed by atoms with Gasteiger partial charge in [0.25, 0.3) is 5.91 Å². The topological polar surface area (TPSA) is 62.1 Å². The highest BCUT2D eigenvalue weighted by Gasteiger charge is 2.13. The number of nitrogens with zero attached hydrogens (tertiary/aromatic N) is 1. The number of carbonyl (C=O) groups is 1. The molecule has 1 N–H and O–H groups in total. The fourth-order valence-corrected chi connectivity index (χ4v) is 3.72. The summed E-state index contributed by atoms with van der Waals surface area (Å²) in [5, 5.41) is 15.2. The van der Waals surface area contributed by atoms with Crippen molar-refractivity contribution in [3.8, 4) is 11.8 Å². The van der Waals surface area contributed by atoms with Gasteiger partial charge in [-0.3, -0.25) is 4.79 Å². The van der Waals surface area contributed by atoms with Crippen molar-refractivity contribution in [1.82, 2.24) is 0 Å². The first-order chi connectivity index (χ1) is 16.0. The van der Waals surface area contributed by atoms with Crippen LogP contribution in [-0.2, 0) is 11.4 Å². The highest BCUT2D eigenvalue weighted by Crippen LogP contribution is 2.28. The highest BCUT2D eigenvalue weighted by molar-refractivity contribution is 6.30. The first-order valence-corrected chi connectivity index (χ1v) is 10.8. The molecule has 4 aromatic rings. The number of carbonyl (C=O) groups excluding carboxylic acids is 1. The Labute approximate surface area is 197 Å². The van der Waals surface area contributed by atoms with Crippen LogP contribution in [0.5, 0.6) is 5.75 Å². The van der Waals surface area contributed by atoms with Gasteiger partial charge in [-0.1, -0.05) is 72.3 Å². The average molecular weight is 453 g/mol. The minimum atomic E-state index is -0.494. The zero-order chi connectivity index (χ0) is 23.2. The summed E-state index contributed by atoms with van der Waals surface area (Å²) in [6, 6.07) is 28.7. The van der Waals surface area contributed by atoms with E-state index in [1.807, 2.05) is 55.5 Å². The summed E-state index contributed by atoms with van der Waals surface area (Å²) in [5.74, 6) is 0.0376. The van der Waals surface area contributed by atoms with Crippen LogP contribution >= 0.6 is 11.6 Å². The largest absolute Gasteiger partial charge is 0.488 e. The van der Waals surface area contributed by atoms with Crippen LogP contribution in [0.1, 0.15) is 16.7 Å². The molecule has 0 bridgehead atoms. The molecule has 162 valence electrons. The van der Waals surface area contributed by atoms with Gasteiger partial charge in [-0.2, -0.15) is 5.26 Å². The van der Waals surface area contributed by atoms with Crippen molar-refractivity contribution in [3.63, 3.8) is 0 Å². The summed E-state index contributed by atoms with van der Waals surface area (Å²) in [6.45, 7) is 2.22. The molecule has 0 saturated heterocycles. The fraction of sp³-hybridized carbons (Fsp3) is 0.0714. The standard InChI is InChI=1S/C28H21ClN2O2/c1-19-7-2-5-12-26(19)31-28(32)23(17-30)15-22-16-24(29)13-14-27(22)33-18-21-10-6-9-20-8-3-4-11-25(20)21/h2-16H,18H2,1H3,(H,31,32)/b23-15+. The molecule has 0 aliphatic heterocycles. The molecular weight excluding hydrogens is 432 g/mol. The monoisotopic (exact) mass is 452 g/mol. The van der Waals surface area contributed by atoms with Crippen molar-refractivity contribution in [3.05, 3.63) is 112 Å². The second-order valence-corrected chi connectivity index (χ2v) is 7.98. The van der Waals surface area contributed by atoms with E-state index in [9.17, 15) is 10.1 Å². The van der Waals surface area contributed by atoms with Gasteiger partial charge < -0.3 is 10.1 Å². The van der Waals surface area contributed by atoms with Gasteiger partial charge in [-0.15, -0.1) is 0 Å². The number of nitrogens with one attached hydrogen (secondary N) is 1. The molecule has 0 heterocycles. The Hall–Kier alpha value is -4.07. The van der Waals surface area contributed by atoms with Gasteiger partial charge in [-0.25, -0.2) is 0 Å². The van der Waals surface area contributed by atoms with E-state index in [2.05, 4.69) is 23.5 Å². The normalized spacial score (nSPS) is 11.1. The molecule has 0 aliphatic rings. The van der Waals surface area contributed by atoms with Gasteiger partial charge in [0.05, 0.1) is 0 Å². The van der Waals surface area contributed by atoms with Gasteiger partial charge in [0.1, 0.15) is 24.0 Å². The lowest BCUT2D eigenvalue weighted by Crippen LogP contribution is -2.14. The van der Waals surface area contributed by atoms with E-state index in [0.29, 0.717) is 28.6 Å². The molecule has 0 aliphatic carbocycles. The Kier molecular flexibility index (Phi) is 6.73. The maximum Gasteiger partial charge on any atom is 0.266 e. The van der Waals surface area contributed by atoms with Crippen molar-refractivity contribution >= 4 is 40.0 Å². The smallest absolute Gasteiger partial charge is 0.266 e. The molecule has 4 nitrogen and oxygen atoms in total. The molecule has 4 rings (SSSR count). The lowest BCUT2D eigenvalue weighted by Gasteiger charge is -2.12. The highest BCUT2D eigenvalue weighted by atomic mass is 35.5. The molecule has 0 fully saturated rings. The van der Waals surface area contributed by atoms with Crippen LogP contribution in [0.2, 0.25) is 5.02 Å². The van der Waals surface area contributed by atoms with Crippen molar-refractivity contribution in [2.24, 2.45) is 0 Å². The van der Waals surface area contributed by atoms with Gasteiger partial charge in [0, 0.05) is 16.3 Å². The Bertz CT molecular complexity index is 1400. The number of nitriles is 1. The number of rotatable bonds is 6. The molecule has 0 spiro atoms. The van der Waals surface area contributed by atoms with Crippen molar-refractivity contribution in [2.45, 2.75) is 13.5 Å². The number of halogens is 1. The average Bonchev–Trinajstić information content (AvgIpc) is 2.83. The van der Waals surface area contributed by atoms with E-state index in [-0.39, 0.29) is 5.57 Å². The van der Waals surface area contributed by atoms with E-state index in [4.69, 9.17) is 16.3 Å². The number of ether oxygens (including phenoxy) is 1. The third kappa shape index (κ3) is 5.23. The lowest BCUT2D eigenvalue weighted by molar-refractivity contribution is -0.112. The number of anilines is 1. The molecule has 1 amide bonds. The maximum absolute atomic E-state index is 12.7. The predicted molar refractivity (Wildman–Crippen MR) is 133 cm³/mol. The second kappa shape index (κ2) is 10.0. The predicted octanol–water partition coefficient (Wildman–Crippen LogP) is 6.93. The van der Waals surface area contributed by atoms with E-state index in [1.54, 1.807) is 24.3 Å². The number of aryl methyl sites for hydroxylation is 1. The summed E-state index contributed by atoms with van der Waals surface area (Å²) < 4.78 is 6.10. The lowest BCUT2D eigenvalue weighted by atomic mass is 10.1. The Morgan fingerprint density at radius 3 is 2.61 bits per heavy atom. The molecular formula is C28H21ClN2O2. The van der Waals surface area contributed by atoms with Gasteiger partial charge in [0.2, 0.25) is 0 Å². The van der Waals surface area contributed by atoms with Crippen LogP contribution in [0, 0.1) is 18.3 Å². The molecule has 0 atom stereocenters. The number of benzene rings is 4. The van der Waals surface area contributed by atoms with Crippen LogP contribution in [0.15, 0.2) is 90.5 Å². The van der Waals surface area contributed by atoms with Gasteiger partial charge >= 0.3 is 0 Å². The second-order valence-electron chi connectivity index (χ2n) is 7.55. The Balaban J connectivity index is 1.60. The first kappa shape index (κ1) is 22.1. The van der Waals surface area contributed by atoms with Crippen molar-refractivity contribution < 1.29 is 9.53 Å². The van der Waals surface area contributed by atoms with Crippen LogP contribution in [0.3, 0.4) is 0 Å². The van der Waals surface area contributed by atoms with Crippen LogP contribution in [0.4, 0.5) is 5.69 Å². The first-order valence-electron chi connectivity index (χ1n) is 10.4. The number of fused-ring (bicyclic) bond motifs is 1. The molecule has 0 aromatic heterocycles. The summed E-state index contributed by atoms with van der Waals surface area (Å²) >= 11 is 6.20. The van der Waals surface area contributed by atoms with E-state index in [1.165, 1.54) is 6.08 Å². The van der Waals surface area contributed by atoms with Crippen LogP contribution in [-0.4, -0.2) is 5.91 Å². The third-order valence-electron chi connectivity index (χ3n) is 5.29.